The lowest BCUT2D eigenvalue weighted by Crippen LogP contribution is -2.51. The highest BCUT2D eigenvalue weighted by Gasteiger charge is 2.35. The van der Waals surface area contributed by atoms with Gasteiger partial charge in [0.05, 0.1) is 5.75 Å². The maximum atomic E-state index is 12.7. The monoisotopic (exact) mass is 353 g/mol. The predicted molar refractivity (Wildman–Crippen MR) is 89.4 cm³/mol. The van der Waals surface area contributed by atoms with Gasteiger partial charge in [-0.3, -0.25) is 4.79 Å². The molecule has 2 aliphatic heterocycles. The number of carbonyl (C=O) groups excluding carboxylic acids is 1. The largest absolute Gasteiger partial charge is 0.338 e. The van der Waals surface area contributed by atoms with E-state index in [0.717, 1.165) is 25.8 Å². The van der Waals surface area contributed by atoms with Crippen LogP contribution in [0, 0.1) is 5.92 Å². The van der Waals surface area contributed by atoms with E-state index in [9.17, 15) is 13.2 Å². The summed E-state index contributed by atoms with van der Waals surface area (Å²) in [7, 11) is -3.12. The zero-order chi connectivity index (χ0) is 15.5. The molecule has 0 aromatic rings. The Morgan fingerprint density at radius 1 is 1.14 bits per heavy atom. The molecule has 1 atom stereocenters. The molecule has 0 saturated carbocycles. The normalized spacial score (nSPS) is 24.8. The summed E-state index contributed by atoms with van der Waals surface area (Å²) in [6.07, 6.45) is 4.44. The van der Waals surface area contributed by atoms with Crippen molar-refractivity contribution in [3.05, 3.63) is 0 Å². The predicted octanol–water partition coefficient (Wildman–Crippen LogP) is 0.810. The number of nitrogens with zero attached hydrogens (tertiary/aromatic N) is 2. The van der Waals surface area contributed by atoms with Crippen molar-refractivity contribution in [3.8, 4) is 0 Å². The molecule has 0 aromatic heterocycles. The molecule has 2 heterocycles. The Morgan fingerprint density at radius 2 is 1.77 bits per heavy atom. The first-order valence-corrected chi connectivity index (χ1v) is 9.59. The average molecular weight is 354 g/mol. The number of hydrogen-bond acceptors (Lipinski definition) is 4. The van der Waals surface area contributed by atoms with Crippen LogP contribution < -0.4 is 5.73 Å². The Balaban J connectivity index is 0.00000242. The SMILES string of the molecule is CCS(=O)(=O)N1CCC(C(=O)N2CCCCC2CN)CC1.Cl. The molecule has 22 heavy (non-hydrogen) atoms. The van der Waals surface area contributed by atoms with E-state index in [2.05, 4.69) is 0 Å². The summed E-state index contributed by atoms with van der Waals surface area (Å²) < 4.78 is 25.2. The van der Waals surface area contributed by atoms with E-state index in [0.29, 0.717) is 32.5 Å². The maximum absolute atomic E-state index is 12.7. The van der Waals surface area contributed by atoms with Gasteiger partial charge in [-0.1, -0.05) is 0 Å². The second-order valence-electron chi connectivity index (χ2n) is 5.99. The average Bonchev–Trinajstić information content (AvgIpc) is 2.54. The summed E-state index contributed by atoms with van der Waals surface area (Å²) in [5, 5.41) is 0. The Labute approximate surface area is 139 Å². The van der Waals surface area contributed by atoms with Crippen LogP contribution in [-0.4, -0.2) is 61.5 Å². The molecular formula is C14H28ClN3O3S. The maximum Gasteiger partial charge on any atom is 0.226 e. The molecule has 2 aliphatic rings. The third kappa shape index (κ3) is 4.34. The molecular weight excluding hydrogens is 326 g/mol. The molecule has 2 rings (SSSR count). The van der Waals surface area contributed by atoms with Crippen molar-refractivity contribution in [2.24, 2.45) is 11.7 Å². The molecule has 2 N–H and O–H groups in total. The molecule has 0 bridgehead atoms. The third-order valence-corrected chi connectivity index (χ3v) is 6.63. The zero-order valence-corrected chi connectivity index (χ0v) is 14.9. The van der Waals surface area contributed by atoms with Crippen LogP contribution in [0.5, 0.6) is 0 Å². The van der Waals surface area contributed by atoms with E-state index in [4.69, 9.17) is 5.73 Å². The number of rotatable bonds is 4. The molecule has 1 unspecified atom stereocenters. The highest BCUT2D eigenvalue weighted by atomic mass is 35.5. The molecule has 8 heteroatoms. The fourth-order valence-electron chi connectivity index (χ4n) is 3.33. The third-order valence-electron chi connectivity index (χ3n) is 4.74. The number of likely N-dealkylation sites (tertiary alicyclic amines) is 1. The van der Waals surface area contributed by atoms with Gasteiger partial charge < -0.3 is 10.6 Å². The highest BCUT2D eigenvalue weighted by molar-refractivity contribution is 7.89. The summed E-state index contributed by atoms with van der Waals surface area (Å²) in [5.41, 5.74) is 5.78. The first kappa shape index (κ1) is 19.7. The number of piperidine rings is 2. The van der Waals surface area contributed by atoms with Gasteiger partial charge in [0.15, 0.2) is 0 Å². The first-order chi connectivity index (χ1) is 9.99. The van der Waals surface area contributed by atoms with Gasteiger partial charge in [0, 0.05) is 38.1 Å². The number of carbonyl (C=O) groups is 1. The van der Waals surface area contributed by atoms with Crippen LogP contribution in [0.15, 0.2) is 0 Å². The lowest BCUT2D eigenvalue weighted by atomic mass is 9.93. The number of amides is 1. The van der Waals surface area contributed by atoms with E-state index < -0.39 is 10.0 Å². The standard InChI is InChI=1S/C14H27N3O3S.ClH/c1-2-21(19,20)16-9-6-12(7-10-16)14(18)17-8-4-3-5-13(17)11-15;/h12-13H,2-11,15H2,1H3;1H. The second kappa shape index (κ2) is 8.47. The quantitative estimate of drug-likeness (QED) is 0.810. The van der Waals surface area contributed by atoms with Crippen molar-refractivity contribution in [3.63, 3.8) is 0 Å². The lowest BCUT2D eigenvalue weighted by molar-refractivity contribution is -0.140. The second-order valence-corrected chi connectivity index (χ2v) is 8.25. The van der Waals surface area contributed by atoms with Gasteiger partial charge in [-0.05, 0) is 39.0 Å². The van der Waals surface area contributed by atoms with E-state index in [-0.39, 0.29) is 36.0 Å². The molecule has 2 fully saturated rings. The summed E-state index contributed by atoms with van der Waals surface area (Å²) >= 11 is 0. The summed E-state index contributed by atoms with van der Waals surface area (Å²) in [4.78, 5) is 14.6. The van der Waals surface area contributed by atoms with Crippen molar-refractivity contribution in [2.75, 3.05) is 31.9 Å². The topological polar surface area (TPSA) is 83.7 Å². The molecule has 2 saturated heterocycles. The van der Waals surface area contributed by atoms with Gasteiger partial charge >= 0.3 is 0 Å². The van der Waals surface area contributed by atoms with Gasteiger partial charge in [0.2, 0.25) is 15.9 Å². The van der Waals surface area contributed by atoms with Crippen LogP contribution in [0.2, 0.25) is 0 Å². The number of hydrogen-bond donors (Lipinski definition) is 1. The van der Waals surface area contributed by atoms with Crippen LogP contribution in [0.3, 0.4) is 0 Å². The first-order valence-electron chi connectivity index (χ1n) is 7.98. The van der Waals surface area contributed by atoms with E-state index >= 15 is 0 Å². The van der Waals surface area contributed by atoms with Crippen molar-refractivity contribution in [1.82, 2.24) is 9.21 Å². The van der Waals surface area contributed by atoms with Crippen LogP contribution in [0.1, 0.15) is 39.0 Å². The molecule has 0 aromatic carbocycles. The minimum atomic E-state index is -3.12. The van der Waals surface area contributed by atoms with Crippen LogP contribution in [0.25, 0.3) is 0 Å². The van der Waals surface area contributed by atoms with Crippen molar-refractivity contribution in [1.29, 1.82) is 0 Å². The zero-order valence-electron chi connectivity index (χ0n) is 13.2. The molecule has 0 radical (unpaired) electrons. The fraction of sp³-hybridized carbons (Fsp3) is 0.929. The molecule has 0 spiro atoms. The summed E-state index contributed by atoms with van der Waals surface area (Å²) in [5.74, 6) is 0.270. The number of sulfonamides is 1. The Morgan fingerprint density at radius 3 is 2.32 bits per heavy atom. The van der Waals surface area contributed by atoms with Gasteiger partial charge in [0.1, 0.15) is 0 Å². The Bertz CT molecular complexity index is 464. The van der Waals surface area contributed by atoms with Crippen LogP contribution in [-0.2, 0) is 14.8 Å². The minimum Gasteiger partial charge on any atom is -0.338 e. The number of nitrogens with two attached hydrogens (primary N) is 1. The van der Waals surface area contributed by atoms with Gasteiger partial charge in [-0.2, -0.15) is 0 Å². The lowest BCUT2D eigenvalue weighted by Gasteiger charge is -2.39. The Kier molecular flexibility index (Phi) is 7.58. The van der Waals surface area contributed by atoms with Crippen molar-refractivity contribution in [2.45, 2.75) is 45.1 Å². The molecule has 1 amide bonds. The molecule has 6 nitrogen and oxygen atoms in total. The Hall–Kier alpha value is -0.370. The number of halogens is 1. The van der Waals surface area contributed by atoms with Gasteiger partial charge in [0.25, 0.3) is 0 Å². The highest BCUT2D eigenvalue weighted by Crippen LogP contribution is 2.25. The van der Waals surface area contributed by atoms with Crippen LogP contribution >= 0.6 is 12.4 Å². The van der Waals surface area contributed by atoms with E-state index in [1.807, 2.05) is 4.90 Å². The smallest absolute Gasteiger partial charge is 0.226 e. The van der Waals surface area contributed by atoms with E-state index in [1.54, 1.807) is 6.92 Å². The minimum absolute atomic E-state index is 0. The summed E-state index contributed by atoms with van der Waals surface area (Å²) in [6, 6.07) is 0.170. The van der Waals surface area contributed by atoms with Crippen molar-refractivity contribution < 1.29 is 13.2 Å². The molecule has 130 valence electrons. The molecule has 0 aliphatic carbocycles. The van der Waals surface area contributed by atoms with Crippen LogP contribution in [0.4, 0.5) is 0 Å². The van der Waals surface area contributed by atoms with E-state index in [1.165, 1.54) is 4.31 Å². The van der Waals surface area contributed by atoms with Gasteiger partial charge in [-0.25, -0.2) is 12.7 Å². The fourth-order valence-corrected chi connectivity index (χ4v) is 4.47. The van der Waals surface area contributed by atoms with Gasteiger partial charge in [-0.15, -0.1) is 12.4 Å². The van der Waals surface area contributed by atoms with Crippen molar-refractivity contribution >= 4 is 28.3 Å². The summed E-state index contributed by atoms with van der Waals surface area (Å²) in [6.45, 7) is 3.91.